The SMILES string of the molecule is Nc1cccc2c1C1CCC2C1=O. The Hall–Kier alpha value is -1.31. The molecule has 13 heavy (non-hydrogen) atoms. The molecule has 2 nitrogen and oxygen atoms in total. The number of nitrogens with two attached hydrogens (primary N) is 1. The molecule has 3 rings (SSSR count). The Morgan fingerprint density at radius 3 is 2.77 bits per heavy atom. The monoisotopic (exact) mass is 173 g/mol. The van der Waals surface area contributed by atoms with Crippen LogP contribution in [0.25, 0.3) is 0 Å². The highest BCUT2D eigenvalue weighted by Crippen LogP contribution is 2.51. The van der Waals surface area contributed by atoms with E-state index in [-0.39, 0.29) is 11.8 Å². The summed E-state index contributed by atoms with van der Waals surface area (Å²) in [7, 11) is 0. The summed E-state index contributed by atoms with van der Waals surface area (Å²) in [5, 5.41) is 0. The molecule has 0 aliphatic heterocycles. The zero-order valence-corrected chi connectivity index (χ0v) is 7.29. The van der Waals surface area contributed by atoms with Gasteiger partial charge in [0, 0.05) is 17.5 Å². The molecule has 2 atom stereocenters. The Bertz CT molecular complexity index is 397. The maximum atomic E-state index is 11.7. The number of fused-ring (bicyclic) bond motifs is 5. The van der Waals surface area contributed by atoms with Crippen LogP contribution in [0, 0.1) is 0 Å². The first-order chi connectivity index (χ1) is 6.29. The van der Waals surface area contributed by atoms with Gasteiger partial charge in [0.2, 0.25) is 0 Å². The van der Waals surface area contributed by atoms with Gasteiger partial charge in [-0.05, 0) is 30.0 Å². The lowest BCUT2D eigenvalue weighted by atomic mass is 9.91. The molecule has 0 heterocycles. The Labute approximate surface area is 76.7 Å². The second-order valence-corrected chi connectivity index (χ2v) is 3.94. The van der Waals surface area contributed by atoms with E-state index in [9.17, 15) is 4.79 Å². The molecule has 2 heteroatoms. The van der Waals surface area contributed by atoms with Crippen molar-refractivity contribution in [3.63, 3.8) is 0 Å². The Morgan fingerprint density at radius 1 is 1.23 bits per heavy atom. The summed E-state index contributed by atoms with van der Waals surface area (Å²) < 4.78 is 0. The molecule has 2 aliphatic rings. The summed E-state index contributed by atoms with van der Waals surface area (Å²) in [5.74, 6) is 0.692. The van der Waals surface area contributed by atoms with Gasteiger partial charge < -0.3 is 5.73 Å². The lowest BCUT2D eigenvalue weighted by Crippen LogP contribution is -2.02. The third-order valence-electron chi connectivity index (χ3n) is 3.33. The minimum atomic E-state index is 0.126. The number of hydrogen-bond acceptors (Lipinski definition) is 2. The van der Waals surface area contributed by atoms with Crippen LogP contribution in [0.1, 0.15) is 35.8 Å². The highest BCUT2D eigenvalue weighted by atomic mass is 16.1. The van der Waals surface area contributed by atoms with Gasteiger partial charge in [0.15, 0.2) is 0 Å². The molecule has 0 radical (unpaired) electrons. The minimum absolute atomic E-state index is 0.126. The van der Waals surface area contributed by atoms with Gasteiger partial charge in [-0.25, -0.2) is 0 Å². The molecule has 0 saturated heterocycles. The van der Waals surface area contributed by atoms with Crippen LogP contribution in [-0.4, -0.2) is 5.78 Å². The van der Waals surface area contributed by atoms with Crippen molar-refractivity contribution in [2.24, 2.45) is 0 Å². The average Bonchev–Trinajstić information content (AvgIpc) is 2.61. The van der Waals surface area contributed by atoms with E-state index in [1.807, 2.05) is 18.2 Å². The van der Waals surface area contributed by atoms with E-state index >= 15 is 0 Å². The summed E-state index contributed by atoms with van der Waals surface area (Å²) in [6, 6.07) is 5.89. The molecule has 2 N–H and O–H groups in total. The molecule has 0 aromatic heterocycles. The van der Waals surface area contributed by atoms with Gasteiger partial charge in [-0.2, -0.15) is 0 Å². The molecule has 66 valence electrons. The topological polar surface area (TPSA) is 43.1 Å². The number of Topliss-reactive ketones (excluding diaryl/α,β-unsaturated/α-hetero) is 1. The lowest BCUT2D eigenvalue weighted by molar-refractivity contribution is -0.119. The van der Waals surface area contributed by atoms with Gasteiger partial charge in [0.05, 0.1) is 0 Å². The Balaban J connectivity index is 2.30. The van der Waals surface area contributed by atoms with E-state index < -0.39 is 0 Å². The van der Waals surface area contributed by atoms with Crippen molar-refractivity contribution in [3.8, 4) is 0 Å². The minimum Gasteiger partial charge on any atom is -0.398 e. The van der Waals surface area contributed by atoms with E-state index in [0.29, 0.717) is 5.78 Å². The first-order valence-electron chi connectivity index (χ1n) is 4.71. The average molecular weight is 173 g/mol. The number of anilines is 1. The van der Waals surface area contributed by atoms with E-state index in [1.54, 1.807) is 0 Å². The summed E-state index contributed by atoms with van der Waals surface area (Å²) in [6.07, 6.45) is 2.03. The van der Waals surface area contributed by atoms with Crippen molar-refractivity contribution < 1.29 is 4.79 Å². The highest BCUT2D eigenvalue weighted by Gasteiger charge is 2.45. The molecular weight excluding hydrogens is 162 g/mol. The summed E-state index contributed by atoms with van der Waals surface area (Å²) in [6.45, 7) is 0. The van der Waals surface area contributed by atoms with Gasteiger partial charge in [-0.15, -0.1) is 0 Å². The van der Waals surface area contributed by atoms with Crippen molar-refractivity contribution in [2.45, 2.75) is 24.7 Å². The van der Waals surface area contributed by atoms with Crippen LogP contribution in [0.2, 0.25) is 0 Å². The van der Waals surface area contributed by atoms with E-state index in [0.717, 1.165) is 24.1 Å². The number of rotatable bonds is 0. The van der Waals surface area contributed by atoms with Crippen LogP contribution >= 0.6 is 0 Å². The molecule has 1 saturated carbocycles. The smallest absolute Gasteiger partial charge is 0.147 e. The first-order valence-corrected chi connectivity index (χ1v) is 4.71. The Morgan fingerprint density at radius 2 is 2.00 bits per heavy atom. The number of nitrogen functional groups attached to an aromatic ring is 1. The maximum absolute atomic E-state index is 11.7. The molecule has 2 unspecified atom stereocenters. The van der Waals surface area contributed by atoms with Crippen molar-refractivity contribution in [3.05, 3.63) is 29.3 Å². The van der Waals surface area contributed by atoms with Gasteiger partial charge in [-0.1, -0.05) is 12.1 Å². The van der Waals surface area contributed by atoms with Gasteiger partial charge in [0.1, 0.15) is 5.78 Å². The van der Waals surface area contributed by atoms with Crippen LogP contribution in [0.15, 0.2) is 18.2 Å². The number of ketones is 1. The molecule has 2 bridgehead atoms. The first kappa shape index (κ1) is 7.13. The third kappa shape index (κ3) is 0.711. The van der Waals surface area contributed by atoms with Gasteiger partial charge in [0.25, 0.3) is 0 Å². The largest absolute Gasteiger partial charge is 0.398 e. The molecule has 1 aromatic carbocycles. The zero-order valence-electron chi connectivity index (χ0n) is 7.29. The molecule has 1 fully saturated rings. The predicted octanol–water partition coefficient (Wildman–Crippen LogP) is 1.81. The molecule has 0 amide bonds. The van der Waals surface area contributed by atoms with Crippen molar-refractivity contribution >= 4 is 11.5 Å². The summed E-state index contributed by atoms with van der Waals surface area (Å²) >= 11 is 0. The van der Waals surface area contributed by atoms with E-state index in [2.05, 4.69) is 0 Å². The number of benzene rings is 1. The normalized spacial score (nSPS) is 29.4. The molecule has 1 aromatic rings. The van der Waals surface area contributed by atoms with E-state index in [1.165, 1.54) is 5.56 Å². The zero-order chi connectivity index (χ0) is 9.00. The fraction of sp³-hybridized carbons (Fsp3) is 0.364. The number of carbonyl (C=O) groups is 1. The fourth-order valence-corrected chi connectivity index (χ4v) is 2.76. The van der Waals surface area contributed by atoms with Crippen molar-refractivity contribution in [2.75, 3.05) is 5.73 Å². The van der Waals surface area contributed by atoms with Crippen LogP contribution in [-0.2, 0) is 4.79 Å². The summed E-state index contributed by atoms with van der Waals surface area (Å²) in [4.78, 5) is 11.7. The van der Waals surface area contributed by atoms with Crippen LogP contribution < -0.4 is 5.73 Å². The predicted molar refractivity (Wildman–Crippen MR) is 50.6 cm³/mol. The number of hydrogen-bond donors (Lipinski definition) is 1. The van der Waals surface area contributed by atoms with Crippen molar-refractivity contribution in [1.29, 1.82) is 0 Å². The van der Waals surface area contributed by atoms with Gasteiger partial charge in [-0.3, -0.25) is 4.79 Å². The second kappa shape index (κ2) is 2.13. The quantitative estimate of drug-likeness (QED) is 0.608. The standard InChI is InChI=1S/C11H11NO/c12-9-3-1-2-6-7-4-5-8(10(6)9)11(7)13/h1-3,7-8H,4-5,12H2. The molecule has 0 spiro atoms. The molecular formula is C11H11NO. The van der Waals surface area contributed by atoms with Crippen LogP contribution in [0.3, 0.4) is 0 Å². The van der Waals surface area contributed by atoms with Crippen LogP contribution in [0.4, 0.5) is 5.69 Å². The molecule has 2 aliphatic carbocycles. The third-order valence-corrected chi connectivity index (χ3v) is 3.33. The van der Waals surface area contributed by atoms with Crippen LogP contribution in [0.5, 0.6) is 0 Å². The van der Waals surface area contributed by atoms with Crippen molar-refractivity contribution in [1.82, 2.24) is 0 Å². The fourth-order valence-electron chi connectivity index (χ4n) is 2.76. The number of carbonyl (C=O) groups excluding carboxylic acids is 1. The summed E-state index contributed by atoms with van der Waals surface area (Å²) in [5.41, 5.74) is 9.00. The second-order valence-electron chi connectivity index (χ2n) is 3.94. The lowest BCUT2D eigenvalue weighted by Gasteiger charge is -2.14. The highest BCUT2D eigenvalue weighted by molar-refractivity contribution is 6.00. The Kier molecular flexibility index (Phi) is 1.17. The van der Waals surface area contributed by atoms with E-state index in [4.69, 9.17) is 5.73 Å². The maximum Gasteiger partial charge on any atom is 0.147 e. The van der Waals surface area contributed by atoms with Gasteiger partial charge >= 0.3 is 0 Å².